The van der Waals surface area contributed by atoms with Crippen molar-refractivity contribution >= 4 is 12.1 Å². The maximum absolute atomic E-state index is 11.2. The Bertz CT molecular complexity index is 307. The summed E-state index contributed by atoms with van der Waals surface area (Å²) in [6, 6.07) is 0. The van der Waals surface area contributed by atoms with E-state index in [1.807, 2.05) is 0 Å². The van der Waals surface area contributed by atoms with E-state index in [4.69, 9.17) is 14.6 Å². The van der Waals surface area contributed by atoms with Gasteiger partial charge < -0.3 is 19.9 Å². The highest BCUT2D eigenvalue weighted by Gasteiger charge is 2.15. The molecule has 0 spiro atoms. The van der Waals surface area contributed by atoms with Gasteiger partial charge in [-0.3, -0.25) is 0 Å². The number of hydrogen-bond donors (Lipinski definition) is 2. The summed E-state index contributed by atoms with van der Waals surface area (Å²) in [4.78, 5) is 21.4. The molecule has 0 bridgehead atoms. The summed E-state index contributed by atoms with van der Waals surface area (Å²) in [7, 11) is 0. The van der Waals surface area contributed by atoms with Gasteiger partial charge in [0.1, 0.15) is 5.60 Å². The van der Waals surface area contributed by atoms with Gasteiger partial charge in [0.25, 0.3) is 0 Å². The van der Waals surface area contributed by atoms with E-state index in [9.17, 15) is 9.59 Å². The van der Waals surface area contributed by atoms with Crippen molar-refractivity contribution in [1.29, 1.82) is 0 Å². The van der Waals surface area contributed by atoms with Crippen LogP contribution in [0.3, 0.4) is 0 Å². The van der Waals surface area contributed by atoms with Gasteiger partial charge in [0.2, 0.25) is 0 Å². The summed E-state index contributed by atoms with van der Waals surface area (Å²) in [6.45, 7) is 6.72. The Hall–Kier alpha value is -1.56. The number of carbonyl (C=O) groups excluding carboxylic acids is 1. The lowest BCUT2D eigenvalue weighted by molar-refractivity contribution is -0.131. The molecule has 0 aromatic heterocycles. The number of carbonyl (C=O) groups is 2. The summed E-state index contributed by atoms with van der Waals surface area (Å²) in [5.41, 5.74) is -0.499. The molecule has 2 N–H and O–H groups in total. The fraction of sp³-hybridized carbons (Fsp3) is 0.692. The van der Waals surface area contributed by atoms with Crippen molar-refractivity contribution in [3.05, 3.63) is 12.2 Å². The number of ether oxygens (including phenoxy) is 2. The number of nitrogens with one attached hydrogen (secondary N) is 1. The van der Waals surface area contributed by atoms with Crippen LogP contribution in [0.5, 0.6) is 0 Å². The number of hydrogen-bond acceptors (Lipinski definition) is 4. The number of alkyl carbamates (subject to hydrolysis) is 1. The first-order chi connectivity index (χ1) is 8.81. The van der Waals surface area contributed by atoms with Crippen molar-refractivity contribution in [2.75, 3.05) is 19.8 Å². The minimum Gasteiger partial charge on any atom is -0.478 e. The Kier molecular flexibility index (Phi) is 8.61. The molecule has 0 unspecified atom stereocenters. The summed E-state index contributed by atoms with van der Waals surface area (Å²) in [6.07, 6.45) is 3.65. The molecule has 6 heteroatoms. The van der Waals surface area contributed by atoms with Gasteiger partial charge in [0, 0.05) is 19.2 Å². The Balaban J connectivity index is 3.36. The maximum atomic E-state index is 11.2. The van der Waals surface area contributed by atoms with Crippen molar-refractivity contribution < 1.29 is 24.2 Å². The molecule has 0 atom stereocenters. The zero-order valence-electron chi connectivity index (χ0n) is 11.8. The minimum atomic E-state index is -0.942. The van der Waals surface area contributed by atoms with Crippen LogP contribution in [-0.2, 0) is 14.3 Å². The van der Waals surface area contributed by atoms with Crippen LogP contribution in [0.15, 0.2) is 12.2 Å². The molecule has 0 rings (SSSR count). The van der Waals surface area contributed by atoms with Gasteiger partial charge in [0.05, 0.1) is 6.61 Å². The molecule has 0 aliphatic carbocycles. The summed E-state index contributed by atoms with van der Waals surface area (Å²) in [5, 5.41) is 10.9. The molecular weight excluding hydrogens is 250 g/mol. The van der Waals surface area contributed by atoms with Crippen molar-refractivity contribution in [2.24, 2.45) is 0 Å². The van der Waals surface area contributed by atoms with Crippen LogP contribution in [-0.4, -0.2) is 42.5 Å². The van der Waals surface area contributed by atoms with E-state index < -0.39 is 17.7 Å². The zero-order valence-corrected chi connectivity index (χ0v) is 11.8. The van der Waals surface area contributed by atoms with Gasteiger partial charge in [0.15, 0.2) is 0 Å². The summed E-state index contributed by atoms with van der Waals surface area (Å²) in [5.74, 6) is -0.942. The number of amides is 1. The maximum Gasteiger partial charge on any atom is 0.407 e. The number of carboxylic acids is 1. The number of allylic oxidation sites excluding steroid dienone is 1. The van der Waals surface area contributed by atoms with E-state index in [1.54, 1.807) is 26.8 Å². The molecule has 0 aromatic carbocycles. The number of aliphatic carboxylic acids is 1. The van der Waals surface area contributed by atoms with Crippen LogP contribution in [0.2, 0.25) is 0 Å². The summed E-state index contributed by atoms with van der Waals surface area (Å²) < 4.78 is 10.3. The van der Waals surface area contributed by atoms with E-state index in [0.717, 1.165) is 12.5 Å². The van der Waals surface area contributed by atoms with Crippen LogP contribution in [0.4, 0.5) is 4.79 Å². The van der Waals surface area contributed by atoms with Crippen LogP contribution in [0.25, 0.3) is 0 Å². The van der Waals surface area contributed by atoms with Gasteiger partial charge in [-0.25, -0.2) is 9.59 Å². The average Bonchev–Trinajstić information content (AvgIpc) is 2.24. The molecule has 6 nitrogen and oxygen atoms in total. The predicted molar refractivity (Wildman–Crippen MR) is 71.1 cm³/mol. The molecule has 0 saturated carbocycles. The lowest BCUT2D eigenvalue weighted by Crippen LogP contribution is -2.34. The first-order valence-corrected chi connectivity index (χ1v) is 6.25. The number of rotatable bonds is 8. The Labute approximate surface area is 113 Å². The van der Waals surface area contributed by atoms with Crippen molar-refractivity contribution in [1.82, 2.24) is 5.32 Å². The van der Waals surface area contributed by atoms with Gasteiger partial charge in [-0.2, -0.15) is 0 Å². The smallest absolute Gasteiger partial charge is 0.407 e. The molecule has 0 aliphatic heterocycles. The fourth-order valence-corrected chi connectivity index (χ4v) is 1.13. The first-order valence-electron chi connectivity index (χ1n) is 6.25. The molecule has 1 amide bonds. The molecule has 110 valence electrons. The second kappa shape index (κ2) is 9.38. The Morgan fingerprint density at radius 3 is 2.53 bits per heavy atom. The highest BCUT2D eigenvalue weighted by molar-refractivity contribution is 5.79. The monoisotopic (exact) mass is 273 g/mol. The highest BCUT2D eigenvalue weighted by Crippen LogP contribution is 2.06. The molecule has 0 radical (unpaired) electrons. The second-order valence-corrected chi connectivity index (χ2v) is 4.92. The van der Waals surface area contributed by atoms with Crippen LogP contribution in [0, 0.1) is 0 Å². The van der Waals surface area contributed by atoms with Gasteiger partial charge >= 0.3 is 12.1 Å². The third-order valence-corrected chi connectivity index (χ3v) is 1.83. The average molecular weight is 273 g/mol. The largest absolute Gasteiger partial charge is 0.478 e. The summed E-state index contributed by atoms with van der Waals surface area (Å²) >= 11 is 0. The van der Waals surface area contributed by atoms with Gasteiger partial charge in [-0.05, 0) is 33.6 Å². The van der Waals surface area contributed by atoms with Crippen molar-refractivity contribution in [3.63, 3.8) is 0 Å². The lowest BCUT2D eigenvalue weighted by atomic mass is 10.2. The van der Waals surface area contributed by atoms with E-state index in [0.29, 0.717) is 26.2 Å². The van der Waals surface area contributed by atoms with E-state index in [2.05, 4.69) is 5.32 Å². The number of unbranched alkanes of at least 4 members (excludes halogenated alkanes) is 1. The standard InChI is InChI=1S/C13H23NO5/c1-13(2,3)19-12(17)14-8-10-18-9-6-4-5-7-11(15)16/h5,7H,4,6,8-10H2,1-3H3,(H,14,17)(H,15,16)/b7-5+. The molecule has 0 saturated heterocycles. The Morgan fingerprint density at radius 1 is 1.26 bits per heavy atom. The molecule has 0 heterocycles. The molecule has 0 fully saturated rings. The van der Waals surface area contributed by atoms with E-state index in [1.165, 1.54) is 0 Å². The van der Waals surface area contributed by atoms with E-state index >= 15 is 0 Å². The first kappa shape index (κ1) is 17.4. The minimum absolute atomic E-state index is 0.389. The molecule has 0 aromatic rings. The number of carboxylic acid groups (broad SMARTS) is 1. The van der Waals surface area contributed by atoms with Gasteiger partial charge in [-0.1, -0.05) is 6.08 Å². The quantitative estimate of drug-likeness (QED) is 0.521. The zero-order chi connectivity index (χ0) is 14.7. The van der Waals surface area contributed by atoms with Crippen LogP contribution in [0.1, 0.15) is 33.6 Å². The van der Waals surface area contributed by atoms with Crippen LogP contribution < -0.4 is 5.32 Å². The predicted octanol–water partition coefficient (Wildman–Crippen LogP) is 1.95. The highest BCUT2D eigenvalue weighted by atomic mass is 16.6. The van der Waals surface area contributed by atoms with Crippen molar-refractivity contribution in [2.45, 2.75) is 39.2 Å². The second-order valence-electron chi connectivity index (χ2n) is 4.92. The fourth-order valence-electron chi connectivity index (χ4n) is 1.13. The van der Waals surface area contributed by atoms with Crippen LogP contribution >= 0.6 is 0 Å². The lowest BCUT2D eigenvalue weighted by Gasteiger charge is -2.19. The molecule has 0 aliphatic rings. The normalized spacial score (nSPS) is 11.5. The third kappa shape index (κ3) is 14.4. The Morgan fingerprint density at radius 2 is 1.95 bits per heavy atom. The van der Waals surface area contributed by atoms with Crippen molar-refractivity contribution in [3.8, 4) is 0 Å². The SMILES string of the molecule is CC(C)(C)OC(=O)NCCOCCC/C=C/C(=O)O. The third-order valence-electron chi connectivity index (χ3n) is 1.83. The van der Waals surface area contributed by atoms with E-state index in [-0.39, 0.29) is 0 Å². The van der Waals surface area contributed by atoms with Gasteiger partial charge in [-0.15, -0.1) is 0 Å². The molecule has 19 heavy (non-hydrogen) atoms. The molecular formula is C13H23NO5. The topological polar surface area (TPSA) is 84.9 Å².